The predicted octanol–water partition coefficient (Wildman–Crippen LogP) is 3.87. The van der Waals surface area contributed by atoms with E-state index in [1.165, 1.54) is 0 Å². The number of nitrogens with zero attached hydrogens (tertiary/aromatic N) is 1. The number of benzene rings is 1. The monoisotopic (exact) mass is 389 g/mol. The molecule has 0 atom stereocenters. The van der Waals surface area contributed by atoms with Crippen LogP contribution in [0.25, 0.3) is 0 Å². The molecule has 1 aromatic carbocycles. The molecule has 0 fully saturated rings. The summed E-state index contributed by atoms with van der Waals surface area (Å²) in [7, 11) is 0. The van der Waals surface area contributed by atoms with Gasteiger partial charge in [0.05, 0.1) is 0 Å². The molecule has 2 amide bonds. The molecule has 0 aliphatic carbocycles. The van der Waals surface area contributed by atoms with Crippen molar-refractivity contribution in [2.45, 2.75) is 20.3 Å². The number of rotatable bonds is 6. The Morgan fingerprint density at radius 3 is 2.42 bits per heavy atom. The Bertz CT molecular complexity index is 732. The fourth-order valence-electron chi connectivity index (χ4n) is 2.01. The van der Waals surface area contributed by atoms with Crippen molar-refractivity contribution in [3.05, 3.63) is 58.3 Å². The third kappa shape index (κ3) is 5.45. The number of carbonyl (C=O) groups excluding carboxylic acids is 2. The molecule has 0 aliphatic rings. The molecule has 0 saturated heterocycles. The molecule has 5 nitrogen and oxygen atoms in total. The molecule has 0 saturated carbocycles. The van der Waals surface area contributed by atoms with Gasteiger partial charge in [0, 0.05) is 16.7 Å². The number of pyridine rings is 1. The molecule has 2 aromatic rings. The first kappa shape index (κ1) is 18.1. The largest absolute Gasteiger partial charge is 0.351 e. The van der Waals surface area contributed by atoms with Crippen LogP contribution in [0.1, 0.15) is 41.2 Å². The minimum absolute atomic E-state index is 0.200. The molecule has 2 rings (SSSR count). The minimum Gasteiger partial charge on any atom is -0.351 e. The first-order valence-corrected chi connectivity index (χ1v) is 8.57. The van der Waals surface area contributed by atoms with Gasteiger partial charge in [0.1, 0.15) is 11.4 Å². The molecular weight excluding hydrogens is 370 g/mol. The Kier molecular flexibility index (Phi) is 6.49. The highest BCUT2D eigenvalue weighted by Crippen LogP contribution is 2.16. The maximum atomic E-state index is 12.3. The van der Waals surface area contributed by atoms with Crippen molar-refractivity contribution >= 4 is 33.4 Å². The highest BCUT2D eigenvalue weighted by atomic mass is 79.9. The lowest BCUT2D eigenvalue weighted by molar-refractivity contribution is 0.0947. The molecule has 0 aliphatic heterocycles. The van der Waals surface area contributed by atoms with Crippen LogP contribution in [-0.4, -0.2) is 23.3 Å². The van der Waals surface area contributed by atoms with Crippen molar-refractivity contribution in [1.29, 1.82) is 0 Å². The molecule has 0 radical (unpaired) electrons. The summed E-state index contributed by atoms with van der Waals surface area (Å²) < 4.78 is 0.867. The second-order valence-corrected chi connectivity index (χ2v) is 6.73. The van der Waals surface area contributed by atoms with E-state index in [-0.39, 0.29) is 23.2 Å². The van der Waals surface area contributed by atoms with Crippen LogP contribution in [0.2, 0.25) is 0 Å². The average Bonchev–Trinajstić information content (AvgIpc) is 2.54. The summed E-state index contributed by atoms with van der Waals surface area (Å²) >= 11 is 3.35. The maximum absolute atomic E-state index is 12.3. The lowest BCUT2D eigenvalue weighted by atomic mass is 10.1. The molecule has 0 spiro atoms. The van der Waals surface area contributed by atoms with Crippen LogP contribution in [0.5, 0.6) is 0 Å². The number of nitrogens with one attached hydrogen (secondary N) is 2. The van der Waals surface area contributed by atoms with E-state index in [0.717, 1.165) is 10.9 Å². The minimum atomic E-state index is -0.357. The van der Waals surface area contributed by atoms with Gasteiger partial charge in [-0.15, -0.1) is 0 Å². The predicted molar refractivity (Wildman–Crippen MR) is 98.1 cm³/mol. The van der Waals surface area contributed by atoms with Gasteiger partial charge in [0.25, 0.3) is 11.8 Å². The molecule has 2 N–H and O–H groups in total. The van der Waals surface area contributed by atoms with Crippen LogP contribution in [0.15, 0.2) is 46.9 Å². The Hall–Kier alpha value is -2.21. The van der Waals surface area contributed by atoms with Gasteiger partial charge < -0.3 is 10.6 Å². The van der Waals surface area contributed by atoms with Gasteiger partial charge in [0.15, 0.2) is 0 Å². The van der Waals surface area contributed by atoms with E-state index in [2.05, 4.69) is 45.4 Å². The number of carbonyl (C=O) groups is 2. The molecule has 126 valence electrons. The number of hydrogen-bond acceptors (Lipinski definition) is 3. The fourth-order valence-corrected chi connectivity index (χ4v) is 2.41. The van der Waals surface area contributed by atoms with Crippen LogP contribution >= 0.6 is 15.9 Å². The van der Waals surface area contributed by atoms with Crippen molar-refractivity contribution < 1.29 is 9.59 Å². The first-order chi connectivity index (χ1) is 11.5. The fraction of sp³-hybridized carbons (Fsp3) is 0.278. The van der Waals surface area contributed by atoms with Crippen LogP contribution < -0.4 is 10.6 Å². The summed E-state index contributed by atoms with van der Waals surface area (Å²) in [5, 5.41) is 5.57. The second-order valence-electron chi connectivity index (χ2n) is 5.81. The highest BCUT2D eigenvalue weighted by molar-refractivity contribution is 9.10. The summed E-state index contributed by atoms with van der Waals surface area (Å²) in [6.07, 6.45) is 0.898. The molecule has 6 heteroatoms. The summed E-state index contributed by atoms with van der Waals surface area (Å²) in [5.41, 5.74) is 1.09. The van der Waals surface area contributed by atoms with E-state index in [4.69, 9.17) is 0 Å². The SMILES string of the molecule is CC(C)CCNC(=O)c1cccc(C(=O)Nc2cccc(Br)c2)n1. The number of aromatic nitrogens is 1. The molecule has 1 aromatic heterocycles. The van der Waals surface area contributed by atoms with Crippen molar-refractivity contribution in [3.63, 3.8) is 0 Å². The zero-order valence-corrected chi connectivity index (χ0v) is 15.3. The summed E-state index contributed by atoms with van der Waals surface area (Å²) in [4.78, 5) is 28.5. The normalized spacial score (nSPS) is 10.5. The summed E-state index contributed by atoms with van der Waals surface area (Å²) in [5.74, 6) is -0.113. The summed E-state index contributed by atoms with van der Waals surface area (Å²) in [6.45, 7) is 4.78. The van der Waals surface area contributed by atoms with Crippen molar-refractivity contribution in [1.82, 2.24) is 10.3 Å². The van der Waals surface area contributed by atoms with Gasteiger partial charge >= 0.3 is 0 Å². The Morgan fingerprint density at radius 1 is 1.08 bits per heavy atom. The zero-order chi connectivity index (χ0) is 17.5. The maximum Gasteiger partial charge on any atom is 0.274 e. The molecule has 1 heterocycles. The molecule has 24 heavy (non-hydrogen) atoms. The number of amides is 2. The van der Waals surface area contributed by atoms with Crippen molar-refractivity contribution in [3.8, 4) is 0 Å². The van der Waals surface area contributed by atoms with E-state index in [9.17, 15) is 9.59 Å². The number of hydrogen-bond donors (Lipinski definition) is 2. The van der Waals surface area contributed by atoms with Gasteiger partial charge in [0.2, 0.25) is 0 Å². The Labute approximate surface area is 150 Å². The highest BCUT2D eigenvalue weighted by Gasteiger charge is 2.12. The second kappa shape index (κ2) is 8.59. The van der Waals surface area contributed by atoms with Gasteiger partial charge in [-0.1, -0.05) is 41.9 Å². The smallest absolute Gasteiger partial charge is 0.274 e. The molecular formula is C18H20BrN3O2. The quantitative estimate of drug-likeness (QED) is 0.787. The van der Waals surface area contributed by atoms with Crippen LogP contribution in [0, 0.1) is 5.92 Å². The van der Waals surface area contributed by atoms with E-state index in [1.54, 1.807) is 30.3 Å². The van der Waals surface area contributed by atoms with Gasteiger partial charge in [-0.3, -0.25) is 9.59 Å². The topological polar surface area (TPSA) is 71.1 Å². The van der Waals surface area contributed by atoms with E-state index < -0.39 is 0 Å². The van der Waals surface area contributed by atoms with Crippen LogP contribution in [-0.2, 0) is 0 Å². The Balaban J connectivity index is 2.03. The van der Waals surface area contributed by atoms with Crippen molar-refractivity contribution in [2.75, 3.05) is 11.9 Å². The molecule has 0 unspecified atom stereocenters. The van der Waals surface area contributed by atoms with E-state index >= 15 is 0 Å². The first-order valence-electron chi connectivity index (χ1n) is 7.78. The Morgan fingerprint density at radius 2 is 1.75 bits per heavy atom. The lowest BCUT2D eigenvalue weighted by Gasteiger charge is -2.08. The third-order valence-corrected chi connectivity index (χ3v) is 3.80. The van der Waals surface area contributed by atoms with E-state index in [1.807, 2.05) is 12.1 Å². The van der Waals surface area contributed by atoms with Crippen molar-refractivity contribution in [2.24, 2.45) is 5.92 Å². The lowest BCUT2D eigenvalue weighted by Crippen LogP contribution is -2.27. The van der Waals surface area contributed by atoms with E-state index in [0.29, 0.717) is 18.2 Å². The van der Waals surface area contributed by atoms with Gasteiger partial charge in [-0.25, -0.2) is 4.98 Å². The summed E-state index contributed by atoms with van der Waals surface area (Å²) in [6, 6.07) is 12.1. The van der Waals surface area contributed by atoms with Gasteiger partial charge in [-0.05, 0) is 42.7 Å². The zero-order valence-electron chi connectivity index (χ0n) is 13.7. The average molecular weight is 390 g/mol. The van der Waals surface area contributed by atoms with Crippen LogP contribution in [0.4, 0.5) is 5.69 Å². The number of halogens is 1. The third-order valence-electron chi connectivity index (χ3n) is 3.30. The molecule has 0 bridgehead atoms. The number of anilines is 1. The van der Waals surface area contributed by atoms with Gasteiger partial charge in [-0.2, -0.15) is 0 Å². The standard InChI is InChI=1S/C18H20BrN3O2/c1-12(2)9-10-20-17(23)15-7-4-8-16(22-15)18(24)21-14-6-3-5-13(19)11-14/h3-8,11-12H,9-10H2,1-2H3,(H,20,23)(H,21,24). The van der Waals surface area contributed by atoms with Crippen LogP contribution in [0.3, 0.4) is 0 Å².